The van der Waals surface area contributed by atoms with E-state index in [0.29, 0.717) is 52.9 Å². The maximum atomic E-state index is 14.0. The Kier molecular flexibility index (Phi) is 8.41. The average molecular weight is 630 g/mol. The minimum Gasteiger partial charge on any atom is -0.497 e. The lowest BCUT2D eigenvalue weighted by molar-refractivity contribution is 0.205. The number of fused-ring (bicyclic) bond motifs is 1. The first kappa shape index (κ1) is 29.4. The quantitative estimate of drug-likeness (QED) is 0.275. The van der Waals surface area contributed by atoms with Crippen LogP contribution in [-0.2, 0) is 29.5 Å². The van der Waals surface area contributed by atoms with Gasteiger partial charge in [-0.25, -0.2) is 27.9 Å². The number of primary sulfonamides is 1. The predicted molar refractivity (Wildman–Crippen MR) is 161 cm³/mol. The van der Waals surface area contributed by atoms with Gasteiger partial charge in [0.25, 0.3) is 5.56 Å². The Bertz CT molecular complexity index is 1810. The fourth-order valence-electron chi connectivity index (χ4n) is 4.50. The lowest BCUT2D eigenvalue weighted by Gasteiger charge is -2.29. The first-order chi connectivity index (χ1) is 20.0. The van der Waals surface area contributed by atoms with Gasteiger partial charge in [0.1, 0.15) is 5.75 Å². The van der Waals surface area contributed by atoms with Crippen molar-refractivity contribution < 1.29 is 17.9 Å². The van der Waals surface area contributed by atoms with E-state index in [-0.39, 0.29) is 22.4 Å². The van der Waals surface area contributed by atoms with Crippen molar-refractivity contribution in [1.29, 1.82) is 0 Å². The molecule has 11 nitrogen and oxygen atoms in total. The highest BCUT2D eigenvalue weighted by atomic mass is 35.5. The molecule has 0 atom stereocenters. The number of halogens is 2. The largest absolute Gasteiger partial charge is 0.497 e. The van der Waals surface area contributed by atoms with Crippen molar-refractivity contribution in [2.75, 3.05) is 24.3 Å². The predicted octanol–water partition coefficient (Wildman–Crippen LogP) is 4.40. The van der Waals surface area contributed by atoms with Gasteiger partial charge in [0.15, 0.2) is 0 Å². The number of nitrogens with two attached hydrogens (primary N) is 1. The van der Waals surface area contributed by atoms with Gasteiger partial charge >= 0.3 is 6.03 Å². The van der Waals surface area contributed by atoms with Crippen molar-refractivity contribution in [1.82, 2.24) is 14.5 Å². The van der Waals surface area contributed by atoms with E-state index in [2.05, 4.69) is 10.6 Å². The fraction of sp³-hybridized carbons (Fsp3) is 0.179. The Balaban J connectivity index is 1.48. The highest BCUT2D eigenvalue weighted by Crippen LogP contribution is 2.27. The number of amides is 2. The summed E-state index contributed by atoms with van der Waals surface area (Å²) in [4.78, 5) is 33.2. The number of benzene rings is 3. The molecule has 2 amide bonds. The zero-order chi connectivity index (χ0) is 30.0. The summed E-state index contributed by atoms with van der Waals surface area (Å²) in [5.74, 6) is 0.980. The number of ether oxygens (including phenoxy) is 1. The third-order valence-electron chi connectivity index (χ3n) is 6.72. The van der Waals surface area contributed by atoms with E-state index < -0.39 is 21.6 Å². The Morgan fingerprint density at radius 1 is 1.07 bits per heavy atom. The van der Waals surface area contributed by atoms with E-state index in [4.69, 9.17) is 38.1 Å². The molecule has 218 valence electrons. The number of hydrogen-bond acceptors (Lipinski definition) is 7. The van der Waals surface area contributed by atoms with Crippen LogP contribution in [0.3, 0.4) is 0 Å². The van der Waals surface area contributed by atoms with Crippen molar-refractivity contribution in [2.24, 2.45) is 5.14 Å². The molecule has 0 spiro atoms. The topological polar surface area (TPSA) is 149 Å². The van der Waals surface area contributed by atoms with Crippen molar-refractivity contribution >= 4 is 50.9 Å². The molecule has 4 N–H and O–H groups in total. The van der Waals surface area contributed by atoms with Gasteiger partial charge < -0.3 is 20.3 Å². The monoisotopic (exact) mass is 628 g/mol. The molecule has 42 heavy (non-hydrogen) atoms. The molecule has 0 radical (unpaired) electrons. The summed E-state index contributed by atoms with van der Waals surface area (Å²) in [7, 11) is -2.35. The number of anilines is 2. The minimum absolute atomic E-state index is 0.00618. The molecule has 0 aliphatic carbocycles. The first-order valence-electron chi connectivity index (χ1n) is 12.7. The smallest absolute Gasteiger partial charge is 0.322 e. The van der Waals surface area contributed by atoms with Crippen molar-refractivity contribution in [2.45, 2.75) is 24.4 Å². The van der Waals surface area contributed by atoms with Gasteiger partial charge in [-0.2, -0.15) is 0 Å². The molecule has 0 saturated carbocycles. The molecule has 0 bridgehead atoms. The summed E-state index contributed by atoms with van der Waals surface area (Å²) in [6, 6.07) is 17.3. The SMILES string of the molecule is COc1ccc(CNc2nc3c(c(=O)n2-c2ccc(S(N)(=O)=O)cc2)CN(C(=O)Nc2ccc(Cl)cc2Cl)CC3)cc1. The lowest BCUT2D eigenvalue weighted by Crippen LogP contribution is -2.43. The molecule has 1 aromatic heterocycles. The highest BCUT2D eigenvalue weighted by Gasteiger charge is 2.27. The van der Waals surface area contributed by atoms with E-state index in [1.165, 1.54) is 39.8 Å². The van der Waals surface area contributed by atoms with Gasteiger partial charge in [-0.1, -0.05) is 35.3 Å². The second-order valence-corrected chi connectivity index (χ2v) is 11.9. The van der Waals surface area contributed by atoms with Crippen molar-refractivity contribution in [3.63, 3.8) is 0 Å². The number of carbonyl (C=O) groups excluding carboxylic acids is 1. The Labute approximate surface area is 251 Å². The second kappa shape index (κ2) is 12.0. The van der Waals surface area contributed by atoms with E-state index in [9.17, 15) is 18.0 Å². The van der Waals surface area contributed by atoms with Crippen molar-refractivity contribution in [3.8, 4) is 11.4 Å². The number of sulfonamides is 1. The van der Waals surface area contributed by atoms with Crippen LogP contribution in [0.15, 0.2) is 76.4 Å². The molecular formula is C28H26Cl2N6O5S. The van der Waals surface area contributed by atoms with Crippen LogP contribution in [0.2, 0.25) is 10.0 Å². The molecule has 5 rings (SSSR count). The fourth-order valence-corrected chi connectivity index (χ4v) is 5.47. The Morgan fingerprint density at radius 3 is 2.43 bits per heavy atom. The van der Waals surface area contributed by atoms with E-state index >= 15 is 0 Å². The number of aromatic nitrogens is 2. The number of nitrogens with zero attached hydrogens (tertiary/aromatic N) is 3. The standard InChI is InChI=1S/C28H26Cl2N6O5S/c1-41-20-7-2-17(3-8-20)15-32-27-33-24-12-13-35(28(38)34-25-11-4-18(29)14-23(25)30)16-22(24)26(37)36(27)19-5-9-21(10-6-19)42(31,39)40/h2-11,14H,12-13,15-16H2,1H3,(H,32,33)(H,34,38)(H2,31,39,40). The maximum absolute atomic E-state index is 14.0. The number of methoxy groups -OCH3 is 1. The van der Waals surface area contributed by atoms with Crippen LogP contribution in [-0.4, -0.2) is 42.6 Å². The van der Waals surface area contributed by atoms with Gasteiger partial charge in [0, 0.05) is 24.5 Å². The lowest BCUT2D eigenvalue weighted by atomic mass is 10.1. The minimum atomic E-state index is -3.93. The van der Waals surface area contributed by atoms with Crippen LogP contribution in [0.4, 0.5) is 16.4 Å². The van der Waals surface area contributed by atoms with Crippen LogP contribution < -0.4 is 26.1 Å². The zero-order valence-corrected chi connectivity index (χ0v) is 24.6. The molecular weight excluding hydrogens is 603 g/mol. The number of hydrogen-bond donors (Lipinski definition) is 3. The molecule has 1 aliphatic heterocycles. The van der Waals surface area contributed by atoms with Crippen LogP contribution in [0.1, 0.15) is 16.8 Å². The summed E-state index contributed by atoms with van der Waals surface area (Å²) in [5, 5.41) is 12.0. The number of nitrogens with one attached hydrogen (secondary N) is 2. The normalized spacial score (nSPS) is 12.9. The molecule has 1 aliphatic rings. The molecule has 0 unspecified atom stereocenters. The number of carbonyl (C=O) groups is 1. The van der Waals surface area contributed by atoms with Gasteiger partial charge in [-0.3, -0.25) is 4.79 Å². The third kappa shape index (κ3) is 6.36. The van der Waals surface area contributed by atoms with Gasteiger partial charge in [0.05, 0.1) is 46.2 Å². The summed E-state index contributed by atoms with van der Waals surface area (Å²) in [6.07, 6.45) is 0.342. The molecule has 0 fully saturated rings. The first-order valence-corrected chi connectivity index (χ1v) is 15.0. The molecule has 2 heterocycles. The van der Waals surface area contributed by atoms with E-state index in [1.807, 2.05) is 24.3 Å². The molecule has 3 aromatic carbocycles. The Morgan fingerprint density at radius 2 is 1.79 bits per heavy atom. The van der Waals surface area contributed by atoms with Crippen LogP contribution in [0, 0.1) is 0 Å². The van der Waals surface area contributed by atoms with Gasteiger partial charge in [-0.05, 0) is 60.2 Å². The van der Waals surface area contributed by atoms with Crippen LogP contribution >= 0.6 is 23.2 Å². The van der Waals surface area contributed by atoms with E-state index in [0.717, 1.165) is 5.56 Å². The third-order valence-corrected chi connectivity index (χ3v) is 8.20. The molecule has 0 saturated heterocycles. The summed E-state index contributed by atoms with van der Waals surface area (Å²) >= 11 is 12.2. The zero-order valence-electron chi connectivity index (χ0n) is 22.3. The number of rotatable bonds is 7. The summed E-state index contributed by atoms with van der Waals surface area (Å²) in [5.41, 5.74) is 2.17. The van der Waals surface area contributed by atoms with Gasteiger partial charge in [0.2, 0.25) is 16.0 Å². The maximum Gasteiger partial charge on any atom is 0.322 e. The summed E-state index contributed by atoms with van der Waals surface area (Å²) < 4.78 is 30.2. The van der Waals surface area contributed by atoms with Crippen LogP contribution in [0.25, 0.3) is 5.69 Å². The number of urea groups is 1. The Hall–Kier alpha value is -4.10. The highest BCUT2D eigenvalue weighted by molar-refractivity contribution is 7.89. The van der Waals surface area contributed by atoms with Crippen molar-refractivity contribution in [3.05, 3.63) is 104 Å². The second-order valence-electron chi connectivity index (χ2n) is 9.47. The molecule has 14 heteroatoms. The van der Waals surface area contributed by atoms with Gasteiger partial charge in [-0.15, -0.1) is 0 Å². The van der Waals surface area contributed by atoms with Crippen LogP contribution in [0.5, 0.6) is 5.75 Å². The summed E-state index contributed by atoms with van der Waals surface area (Å²) in [6.45, 7) is 0.675. The van der Waals surface area contributed by atoms with E-state index in [1.54, 1.807) is 19.2 Å². The molecule has 4 aromatic rings. The average Bonchev–Trinajstić information content (AvgIpc) is 2.97.